The Hall–Kier alpha value is -0.0400. The zero-order valence-corrected chi connectivity index (χ0v) is 8.73. The van der Waals surface area contributed by atoms with Gasteiger partial charge < -0.3 is 5.73 Å². The molecule has 0 aromatic heterocycles. The van der Waals surface area contributed by atoms with E-state index in [2.05, 4.69) is 0 Å². The molecule has 0 heterocycles. The highest BCUT2D eigenvalue weighted by molar-refractivity contribution is 4.99. The van der Waals surface area contributed by atoms with E-state index in [9.17, 15) is 0 Å². The van der Waals surface area contributed by atoms with Gasteiger partial charge in [0.25, 0.3) is 0 Å². The molecule has 0 amide bonds. The van der Waals surface area contributed by atoms with Crippen molar-refractivity contribution in [1.82, 2.24) is 0 Å². The molecule has 2 N–H and O–H groups in total. The molecule has 2 aliphatic carbocycles. The Morgan fingerprint density at radius 2 is 1.46 bits per heavy atom. The summed E-state index contributed by atoms with van der Waals surface area (Å²) in [6, 6.07) is 0. The van der Waals surface area contributed by atoms with E-state index in [0.29, 0.717) is 5.54 Å². The van der Waals surface area contributed by atoms with Crippen LogP contribution in [0.1, 0.15) is 64.2 Å². The fourth-order valence-corrected chi connectivity index (χ4v) is 2.68. The van der Waals surface area contributed by atoms with Crippen LogP contribution in [-0.4, -0.2) is 5.54 Å². The summed E-state index contributed by atoms with van der Waals surface area (Å²) in [6.07, 6.45) is 14.2. The molecule has 0 unspecified atom stereocenters. The third-order valence-electron chi connectivity index (χ3n) is 3.81. The summed E-state index contributed by atoms with van der Waals surface area (Å²) in [7, 11) is 0. The Kier molecular flexibility index (Phi) is 2.92. The van der Waals surface area contributed by atoms with Crippen molar-refractivity contribution < 1.29 is 0 Å². The average Bonchev–Trinajstić information content (AvgIpc) is 2.75. The summed E-state index contributed by atoms with van der Waals surface area (Å²) in [5.41, 5.74) is 6.46. The smallest absolute Gasteiger partial charge is 0.0158 e. The molecule has 0 aromatic rings. The van der Waals surface area contributed by atoms with Gasteiger partial charge in [0.05, 0.1) is 0 Å². The summed E-state index contributed by atoms with van der Waals surface area (Å²) < 4.78 is 0. The van der Waals surface area contributed by atoms with Crippen LogP contribution in [0.15, 0.2) is 0 Å². The molecule has 0 aliphatic heterocycles. The second-order valence-electron chi connectivity index (χ2n) is 5.28. The monoisotopic (exact) mass is 181 g/mol. The van der Waals surface area contributed by atoms with E-state index < -0.39 is 0 Å². The van der Waals surface area contributed by atoms with Crippen LogP contribution in [0.5, 0.6) is 0 Å². The van der Waals surface area contributed by atoms with Crippen LogP contribution in [0.25, 0.3) is 0 Å². The topological polar surface area (TPSA) is 26.0 Å². The molecule has 0 bridgehead atoms. The van der Waals surface area contributed by atoms with Gasteiger partial charge >= 0.3 is 0 Å². The van der Waals surface area contributed by atoms with Crippen molar-refractivity contribution >= 4 is 0 Å². The van der Waals surface area contributed by atoms with E-state index in [1.54, 1.807) is 0 Å². The number of hydrogen-bond acceptors (Lipinski definition) is 1. The maximum absolute atomic E-state index is 6.17. The molecule has 1 heteroatoms. The summed E-state index contributed by atoms with van der Waals surface area (Å²) in [6.45, 7) is 0. The Balaban J connectivity index is 1.75. The second-order valence-corrected chi connectivity index (χ2v) is 5.28. The van der Waals surface area contributed by atoms with Crippen molar-refractivity contribution in [2.75, 3.05) is 0 Å². The molecule has 76 valence electrons. The molecule has 13 heavy (non-hydrogen) atoms. The van der Waals surface area contributed by atoms with Crippen LogP contribution in [-0.2, 0) is 0 Å². The normalized spacial score (nSPS) is 29.3. The lowest BCUT2D eigenvalue weighted by atomic mass is 9.86. The van der Waals surface area contributed by atoms with Crippen molar-refractivity contribution in [2.45, 2.75) is 69.7 Å². The van der Waals surface area contributed by atoms with Crippen LogP contribution in [0.3, 0.4) is 0 Å². The Bertz CT molecular complexity index is 153. The predicted octanol–water partition coefficient (Wildman–Crippen LogP) is 3.23. The van der Waals surface area contributed by atoms with Crippen molar-refractivity contribution in [2.24, 2.45) is 11.7 Å². The van der Waals surface area contributed by atoms with Gasteiger partial charge in [-0.1, -0.05) is 44.9 Å². The number of rotatable bonds is 2. The third-order valence-corrected chi connectivity index (χ3v) is 3.81. The molecule has 0 radical (unpaired) electrons. The fourth-order valence-electron chi connectivity index (χ4n) is 2.68. The first-order valence-electron chi connectivity index (χ1n) is 6.07. The molecule has 2 aliphatic rings. The van der Waals surface area contributed by atoms with Gasteiger partial charge in [-0.05, 0) is 25.2 Å². The highest BCUT2D eigenvalue weighted by Gasteiger charge is 2.39. The maximum Gasteiger partial charge on any atom is 0.0158 e. The summed E-state index contributed by atoms with van der Waals surface area (Å²) in [5.74, 6) is 0.966. The molecule has 0 saturated heterocycles. The lowest BCUT2D eigenvalue weighted by Gasteiger charge is -2.22. The van der Waals surface area contributed by atoms with E-state index in [-0.39, 0.29) is 0 Å². The van der Waals surface area contributed by atoms with E-state index in [0.717, 1.165) is 5.92 Å². The molecule has 0 spiro atoms. The summed E-state index contributed by atoms with van der Waals surface area (Å²) in [4.78, 5) is 0. The number of nitrogens with two attached hydrogens (primary N) is 1. The van der Waals surface area contributed by atoms with Gasteiger partial charge in [0, 0.05) is 5.54 Å². The first kappa shape index (κ1) is 9.51. The van der Waals surface area contributed by atoms with E-state index in [4.69, 9.17) is 5.73 Å². The Morgan fingerprint density at radius 3 is 2.00 bits per heavy atom. The first-order valence-corrected chi connectivity index (χ1v) is 6.07. The van der Waals surface area contributed by atoms with Gasteiger partial charge in [0.2, 0.25) is 0 Å². The number of hydrogen-bond donors (Lipinski definition) is 1. The molecular weight excluding hydrogens is 158 g/mol. The Morgan fingerprint density at radius 1 is 0.923 bits per heavy atom. The zero-order valence-electron chi connectivity index (χ0n) is 8.73. The molecular formula is C12H23N. The minimum atomic E-state index is 0.295. The zero-order chi connectivity index (χ0) is 9.15. The van der Waals surface area contributed by atoms with Crippen molar-refractivity contribution in [3.05, 3.63) is 0 Å². The fraction of sp³-hybridized carbons (Fsp3) is 1.00. The van der Waals surface area contributed by atoms with E-state index in [1.807, 2.05) is 0 Å². The lowest BCUT2D eigenvalue weighted by molar-refractivity contribution is 0.329. The standard InChI is InChI=1S/C12H23N/c13-12(8-9-12)10-11-6-4-2-1-3-5-7-11/h11H,1-10,13H2. The molecule has 2 fully saturated rings. The predicted molar refractivity (Wildman–Crippen MR) is 56.6 cm³/mol. The molecule has 0 aromatic carbocycles. The minimum Gasteiger partial charge on any atom is -0.325 e. The first-order chi connectivity index (χ1) is 6.29. The average molecular weight is 181 g/mol. The van der Waals surface area contributed by atoms with Crippen LogP contribution >= 0.6 is 0 Å². The summed E-state index contributed by atoms with van der Waals surface area (Å²) in [5, 5.41) is 0. The maximum atomic E-state index is 6.17. The quantitative estimate of drug-likeness (QED) is 0.695. The molecule has 0 atom stereocenters. The second kappa shape index (κ2) is 4.00. The van der Waals surface area contributed by atoms with E-state index in [1.165, 1.54) is 64.2 Å². The molecule has 2 saturated carbocycles. The van der Waals surface area contributed by atoms with Gasteiger partial charge in [-0.3, -0.25) is 0 Å². The van der Waals surface area contributed by atoms with Crippen molar-refractivity contribution in [3.63, 3.8) is 0 Å². The van der Waals surface area contributed by atoms with Crippen LogP contribution in [0, 0.1) is 5.92 Å². The highest BCUT2D eigenvalue weighted by Crippen LogP contribution is 2.41. The lowest BCUT2D eigenvalue weighted by Crippen LogP contribution is -2.25. The summed E-state index contributed by atoms with van der Waals surface area (Å²) >= 11 is 0. The van der Waals surface area contributed by atoms with Crippen LogP contribution in [0.2, 0.25) is 0 Å². The van der Waals surface area contributed by atoms with Gasteiger partial charge in [0.15, 0.2) is 0 Å². The molecule has 1 nitrogen and oxygen atoms in total. The highest BCUT2D eigenvalue weighted by atomic mass is 14.8. The van der Waals surface area contributed by atoms with Crippen molar-refractivity contribution in [1.29, 1.82) is 0 Å². The largest absolute Gasteiger partial charge is 0.325 e. The van der Waals surface area contributed by atoms with E-state index >= 15 is 0 Å². The van der Waals surface area contributed by atoms with Gasteiger partial charge in [-0.2, -0.15) is 0 Å². The van der Waals surface area contributed by atoms with Gasteiger partial charge in [-0.15, -0.1) is 0 Å². The Labute approximate surface area is 82.1 Å². The van der Waals surface area contributed by atoms with Crippen LogP contribution < -0.4 is 5.73 Å². The third kappa shape index (κ3) is 2.98. The van der Waals surface area contributed by atoms with Crippen molar-refractivity contribution in [3.8, 4) is 0 Å². The van der Waals surface area contributed by atoms with Crippen LogP contribution in [0.4, 0.5) is 0 Å². The molecule has 2 rings (SSSR count). The van der Waals surface area contributed by atoms with Gasteiger partial charge in [-0.25, -0.2) is 0 Å². The van der Waals surface area contributed by atoms with Gasteiger partial charge in [0.1, 0.15) is 0 Å². The minimum absolute atomic E-state index is 0.295. The SMILES string of the molecule is NC1(CC2CCCCCCC2)CC1.